The minimum atomic E-state index is 1.40. The molecule has 0 bridgehead atoms. The van der Waals surface area contributed by atoms with E-state index in [-0.39, 0.29) is 0 Å². The fraction of sp³-hybridized carbons (Fsp3) is 0. The van der Waals surface area contributed by atoms with Gasteiger partial charge in [-0.05, 0) is 0 Å². The molecule has 3 heteroatoms. The van der Waals surface area contributed by atoms with Crippen LogP contribution in [-0.4, -0.2) is 16.3 Å². The maximum absolute atomic E-state index is 7.39. The molecule has 0 fully saturated rings. The molecule has 0 unspecified atom stereocenters. The molecule has 0 saturated carbocycles. The van der Waals surface area contributed by atoms with E-state index in [1.165, 1.54) is 6.26 Å². The Hall–Kier alpha value is -0.191. The Balaban J connectivity index is 2.43. The Kier molecular flexibility index (Phi) is 2.68. The SMILES string of the molecule is N#CO[SeH]. The van der Waals surface area contributed by atoms with Gasteiger partial charge in [0.05, 0.1) is 0 Å². The second-order valence-corrected chi connectivity index (χ2v) is 0.566. The van der Waals surface area contributed by atoms with Crippen molar-refractivity contribution in [1.29, 1.82) is 5.26 Å². The molecule has 0 heterocycles. The quantitative estimate of drug-likeness (QED) is 0.314. The summed E-state index contributed by atoms with van der Waals surface area (Å²) in [6.07, 6.45) is 1.40. The predicted octanol–water partition coefficient (Wildman–Crippen LogP) is -0.700. The Morgan fingerprint density at radius 2 is 2.25 bits per heavy atom. The van der Waals surface area contributed by atoms with Crippen molar-refractivity contribution in [3.05, 3.63) is 0 Å². The number of hydrogen-bond acceptors (Lipinski definition) is 2. The van der Waals surface area contributed by atoms with Crippen molar-refractivity contribution in [2.45, 2.75) is 0 Å². The summed E-state index contributed by atoms with van der Waals surface area (Å²) in [6, 6.07) is 0. The zero-order chi connectivity index (χ0) is 3.41. The van der Waals surface area contributed by atoms with Gasteiger partial charge in [0.1, 0.15) is 0 Å². The van der Waals surface area contributed by atoms with Gasteiger partial charge in [-0.15, -0.1) is 0 Å². The van der Waals surface area contributed by atoms with Crippen molar-refractivity contribution < 1.29 is 3.82 Å². The molecule has 0 aromatic rings. The van der Waals surface area contributed by atoms with E-state index in [1.807, 2.05) is 0 Å². The zero-order valence-electron chi connectivity index (χ0n) is 1.80. The summed E-state index contributed by atoms with van der Waals surface area (Å²) in [5.41, 5.74) is 0. The average molecular weight is 122 g/mol. The molecular weight excluding hydrogens is 121 g/mol. The number of hydrogen-bond donors (Lipinski definition) is 0. The van der Waals surface area contributed by atoms with Crippen molar-refractivity contribution in [1.82, 2.24) is 0 Å². The summed E-state index contributed by atoms with van der Waals surface area (Å²) in [5.74, 6) is 0. The van der Waals surface area contributed by atoms with Gasteiger partial charge in [-0.25, -0.2) is 0 Å². The third-order valence-corrected chi connectivity index (χ3v) is 0.212. The van der Waals surface area contributed by atoms with E-state index in [0.717, 1.165) is 0 Å². The summed E-state index contributed by atoms with van der Waals surface area (Å²) >= 11 is 1.68. The summed E-state index contributed by atoms with van der Waals surface area (Å²) in [6.45, 7) is 0. The second-order valence-electron chi connectivity index (χ2n) is 0.183. The fourth-order valence-electron chi connectivity index (χ4n) is 0. The number of rotatable bonds is 0. The second kappa shape index (κ2) is 2.81. The Morgan fingerprint density at radius 3 is 2.25 bits per heavy atom. The molecule has 2 nitrogen and oxygen atoms in total. The first kappa shape index (κ1) is 3.81. The predicted molar refractivity (Wildman–Crippen MR) is 13.8 cm³/mol. The van der Waals surface area contributed by atoms with Crippen molar-refractivity contribution in [3.63, 3.8) is 0 Å². The standard InChI is InChI=1S/CHNOSe/c2-1-3-4/h4H. The molecule has 0 amide bonds. The molecule has 0 aliphatic heterocycles. The normalized spacial score (nSPS) is 4.00. The molecule has 0 aliphatic rings. The van der Waals surface area contributed by atoms with E-state index in [1.54, 1.807) is 16.3 Å². The molecule has 0 rings (SSSR count). The first-order valence-corrected chi connectivity index (χ1v) is 1.38. The van der Waals surface area contributed by atoms with E-state index in [9.17, 15) is 0 Å². The van der Waals surface area contributed by atoms with Gasteiger partial charge in [-0.1, -0.05) is 0 Å². The van der Waals surface area contributed by atoms with E-state index in [4.69, 9.17) is 5.26 Å². The molecule has 0 atom stereocenters. The van der Waals surface area contributed by atoms with Crippen molar-refractivity contribution in [2.75, 3.05) is 0 Å². The van der Waals surface area contributed by atoms with E-state index in [2.05, 4.69) is 3.82 Å². The van der Waals surface area contributed by atoms with Crippen LogP contribution in [0.3, 0.4) is 0 Å². The Morgan fingerprint density at radius 1 is 2.00 bits per heavy atom. The summed E-state index contributed by atoms with van der Waals surface area (Å²) in [7, 11) is 0. The van der Waals surface area contributed by atoms with Gasteiger partial charge in [0.25, 0.3) is 0 Å². The van der Waals surface area contributed by atoms with Crippen LogP contribution >= 0.6 is 0 Å². The molecule has 0 saturated heterocycles. The van der Waals surface area contributed by atoms with Gasteiger partial charge >= 0.3 is 31.7 Å². The van der Waals surface area contributed by atoms with E-state index >= 15 is 0 Å². The maximum atomic E-state index is 7.39. The monoisotopic (exact) mass is 123 g/mol. The van der Waals surface area contributed by atoms with Crippen LogP contribution in [0.5, 0.6) is 0 Å². The van der Waals surface area contributed by atoms with E-state index < -0.39 is 0 Å². The van der Waals surface area contributed by atoms with E-state index in [0.29, 0.717) is 0 Å². The summed E-state index contributed by atoms with van der Waals surface area (Å²) < 4.78 is 3.78. The van der Waals surface area contributed by atoms with Crippen molar-refractivity contribution >= 4 is 16.3 Å². The number of nitrogens with zero attached hydrogens (tertiary/aromatic N) is 1. The number of nitriles is 1. The fourth-order valence-corrected chi connectivity index (χ4v) is 0. The average Bonchev–Trinajstić information content (AvgIpc) is 1.37. The first-order chi connectivity index (χ1) is 1.91. The molecule has 0 aromatic heterocycles. The molecule has 0 spiro atoms. The minimum absolute atomic E-state index is 1.40. The van der Waals surface area contributed by atoms with Gasteiger partial charge in [0.15, 0.2) is 0 Å². The molecule has 22 valence electrons. The van der Waals surface area contributed by atoms with Crippen LogP contribution in [0.4, 0.5) is 0 Å². The third-order valence-electron chi connectivity index (χ3n) is 0.0408. The van der Waals surface area contributed by atoms with Crippen LogP contribution in [0.15, 0.2) is 0 Å². The molecule has 0 N–H and O–H groups in total. The van der Waals surface area contributed by atoms with Gasteiger partial charge < -0.3 is 0 Å². The van der Waals surface area contributed by atoms with Crippen molar-refractivity contribution in [2.24, 2.45) is 0 Å². The van der Waals surface area contributed by atoms with Gasteiger partial charge in [0.2, 0.25) is 0 Å². The van der Waals surface area contributed by atoms with Crippen LogP contribution in [0.2, 0.25) is 0 Å². The van der Waals surface area contributed by atoms with Gasteiger partial charge in [-0.2, -0.15) is 0 Å². The molecule has 4 heavy (non-hydrogen) atoms. The molecule has 0 aromatic carbocycles. The van der Waals surface area contributed by atoms with Gasteiger partial charge in [0, 0.05) is 0 Å². The Labute approximate surface area is 32.5 Å². The van der Waals surface area contributed by atoms with Crippen LogP contribution in [0, 0.1) is 11.5 Å². The molecule has 0 aliphatic carbocycles. The molecule has 0 radical (unpaired) electrons. The topological polar surface area (TPSA) is 33.0 Å². The Bertz CT molecular complexity index is 37.8. The summed E-state index contributed by atoms with van der Waals surface area (Å²) in [4.78, 5) is 0. The van der Waals surface area contributed by atoms with Crippen molar-refractivity contribution in [3.8, 4) is 6.26 Å². The summed E-state index contributed by atoms with van der Waals surface area (Å²) in [5, 5.41) is 7.39. The molecular formula is CHNOSe. The zero-order valence-corrected chi connectivity index (χ0v) is 3.68. The van der Waals surface area contributed by atoms with Crippen LogP contribution in [0.25, 0.3) is 0 Å². The van der Waals surface area contributed by atoms with Crippen LogP contribution in [0.1, 0.15) is 0 Å². The first-order valence-electron chi connectivity index (χ1n) is 0.610. The van der Waals surface area contributed by atoms with Gasteiger partial charge in [-0.3, -0.25) is 0 Å². The van der Waals surface area contributed by atoms with Crippen LogP contribution in [-0.2, 0) is 3.82 Å². The third kappa shape index (κ3) is 1.81. The van der Waals surface area contributed by atoms with Crippen LogP contribution < -0.4 is 0 Å².